The number of hydrogen-bond donors (Lipinski definition) is 3. The molecule has 3 N–H and O–H groups in total. The van der Waals surface area contributed by atoms with Crippen LogP contribution in [0.3, 0.4) is 0 Å². The first-order valence-corrected chi connectivity index (χ1v) is 3.90. The standard InChI is InChI=1S/C6H6F3N3O4/c7-6(8,9)4(14)12-1-2(3(13)11-12)10-5(15)16/h2,10H,1H2,(H,11,13)(H,15,16)/t2-/m0/s1. The lowest BCUT2D eigenvalue weighted by molar-refractivity contribution is -0.187. The van der Waals surface area contributed by atoms with E-state index >= 15 is 0 Å². The van der Waals surface area contributed by atoms with Crippen LogP contribution >= 0.6 is 0 Å². The quantitative estimate of drug-likeness (QED) is 0.551. The van der Waals surface area contributed by atoms with Gasteiger partial charge in [0.05, 0.1) is 6.54 Å². The first-order valence-electron chi connectivity index (χ1n) is 3.90. The maximum Gasteiger partial charge on any atom is 0.473 e. The van der Waals surface area contributed by atoms with Gasteiger partial charge in [0.15, 0.2) is 0 Å². The molecule has 3 amide bonds. The van der Waals surface area contributed by atoms with Gasteiger partial charge in [0.2, 0.25) is 0 Å². The summed E-state index contributed by atoms with van der Waals surface area (Å²) in [6, 6.07) is -1.40. The minimum absolute atomic E-state index is 0.0168. The summed E-state index contributed by atoms with van der Waals surface area (Å²) in [7, 11) is 0. The van der Waals surface area contributed by atoms with E-state index in [1.165, 1.54) is 0 Å². The van der Waals surface area contributed by atoms with E-state index in [4.69, 9.17) is 5.11 Å². The monoisotopic (exact) mass is 241 g/mol. The van der Waals surface area contributed by atoms with Crippen molar-refractivity contribution in [2.24, 2.45) is 0 Å². The van der Waals surface area contributed by atoms with Crippen LogP contribution in [0, 0.1) is 0 Å². The van der Waals surface area contributed by atoms with Crippen molar-refractivity contribution in [3.8, 4) is 0 Å². The summed E-state index contributed by atoms with van der Waals surface area (Å²) < 4.78 is 35.8. The van der Waals surface area contributed by atoms with E-state index in [0.29, 0.717) is 0 Å². The van der Waals surface area contributed by atoms with Gasteiger partial charge in [-0.2, -0.15) is 13.2 Å². The molecule has 10 heteroatoms. The van der Waals surface area contributed by atoms with Crippen molar-refractivity contribution >= 4 is 17.9 Å². The smallest absolute Gasteiger partial charge is 0.465 e. The van der Waals surface area contributed by atoms with Crippen LogP contribution in [0.1, 0.15) is 0 Å². The molecule has 0 spiro atoms. The second-order valence-corrected chi connectivity index (χ2v) is 2.89. The molecule has 1 rings (SSSR count). The average Bonchev–Trinajstić information content (AvgIpc) is 2.44. The van der Waals surface area contributed by atoms with Gasteiger partial charge in [-0.1, -0.05) is 0 Å². The second kappa shape index (κ2) is 3.87. The number of halogens is 3. The average molecular weight is 241 g/mol. The molecule has 0 unspecified atom stereocenters. The highest BCUT2D eigenvalue weighted by Crippen LogP contribution is 2.19. The molecule has 0 aromatic rings. The Morgan fingerprint density at radius 1 is 1.50 bits per heavy atom. The molecule has 0 aromatic heterocycles. The van der Waals surface area contributed by atoms with Gasteiger partial charge < -0.3 is 10.4 Å². The second-order valence-electron chi connectivity index (χ2n) is 2.89. The highest BCUT2D eigenvalue weighted by atomic mass is 19.4. The number of carboxylic acid groups (broad SMARTS) is 1. The molecule has 0 aromatic carbocycles. The summed E-state index contributed by atoms with van der Waals surface area (Å²) in [6.07, 6.45) is -6.69. The molecule has 0 radical (unpaired) electrons. The van der Waals surface area contributed by atoms with Crippen molar-refractivity contribution in [3.63, 3.8) is 0 Å². The molecule has 1 saturated heterocycles. The molecule has 90 valence electrons. The Labute approximate surface area is 86.2 Å². The molecular weight excluding hydrogens is 235 g/mol. The van der Waals surface area contributed by atoms with Gasteiger partial charge in [-0.05, 0) is 0 Å². The normalized spacial score (nSPS) is 20.6. The Bertz CT molecular complexity index is 342. The number of carbonyl (C=O) groups excluding carboxylic acids is 2. The third-order valence-electron chi connectivity index (χ3n) is 1.71. The molecule has 1 fully saturated rings. The molecule has 16 heavy (non-hydrogen) atoms. The molecule has 0 aliphatic carbocycles. The van der Waals surface area contributed by atoms with E-state index in [-0.39, 0.29) is 5.01 Å². The van der Waals surface area contributed by atoms with Gasteiger partial charge in [0.1, 0.15) is 6.04 Å². The van der Waals surface area contributed by atoms with E-state index in [0.717, 1.165) is 0 Å². The first kappa shape index (κ1) is 12.1. The zero-order chi connectivity index (χ0) is 12.5. The molecule has 1 aliphatic rings. The molecule has 7 nitrogen and oxygen atoms in total. The summed E-state index contributed by atoms with van der Waals surface area (Å²) in [6.45, 7) is -0.705. The summed E-state index contributed by atoms with van der Waals surface area (Å²) in [5, 5.41) is 9.95. The summed E-state index contributed by atoms with van der Waals surface area (Å²) >= 11 is 0. The van der Waals surface area contributed by atoms with E-state index in [9.17, 15) is 27.6 Å². The van der Waals surface area contributed by atoms with Crippen LogP contribution in [-0.2, 0) is 9.59 Å². The molecule has 1 aliphatic heterocycles. The fourth-order valence-electron chi connectivity index (χ4n) is 1.07. The minimum atomic E-state index is -5.12. The lowest BCUT2D eigenvalue weighted by Crippen LogP contribution is -2.46. The van der Waals surface area contributed by atoms with E-state index in [1.54, 1.807) is 10.7 Å². The Kier molecular flexibility index (Phi) is 2.92. The summed E-state index contributed by atoms with van der Waals surface area (Å²) in [4.78, 5) is 31.8. The van der Waals surface area contributed by atoms with Crippen molar-refractivity contribution in [1.82, 2.24) is 15.8 Å². The Balaban J connectivity index is 2.67. The van der Waals surface area contributed by atoms with Gasteiger partial charge in [-0.25, -0.2) is 9.80 Å². The number of carbonyl (C=O) groups is 3. The van der Waals surface area contributed by atoms with Crippen LogP contribution in [0.25, 0.3) is 0 Å². The van der Waals surface area contributed by atoms with Gasteiger partial charge in [0, 0.05) is 0 Å². The summed E-state index contributed by atoms with van der Waals surface area (Å²) in [5.74, 6) is -3.27. The molecule has 1 atom stereocenters. The van der Waals surface area contributed by atoms with Crippen LogP contribution in [0.15, 0.2) is 0 Å². The number of amides is 3. The van der Waals surface area contributed by atoms with E-state index < -0.39 is 36.7 Å². The molecule has 0 bridgehead atoms. The topological polar surface area (TPSA) is 98.7 Å². The fourth-order valence-corrected chi connectivity index (χ4v) is 1.07. The van der Waals surface area contributed by atoms with Crippen molar-refractivity contribution in [2.45, 2.75) is 12.2 Å². The number of hydrogen-bond acceptors (Lipinski definition) is 3. The zero-order valence-electron chi connectivity index (χ0n) is 7.54. The predicted octanol–water partition coefficient (Wildman–Crippen LogP) is -0.942. The van der Waals surface area contributed by atoms with Crippen molar-refractivity contribution in [2.75, 3.05) is 6.54 Å². The highest BCUT2D eigenvalue weighted by Gasteiger charge is 2.47. The Morgan fingerprint density at radius 2 is 2.06 bits per heavy atom. The number of alkyl halides is 3. The van der Waals surface area contributed by atoms with Crippen molar-refractivity contribution in [3.05, 3.63) is 0 Å². The van der Waals surface area contributed by atoms with Gasteiger partial charge >= 0.3 is 18.2 Å². The lowest BCUT2D eigenvalue weighted by atomic mass is 10.3. The maximum atomic E-state index is 11.9. The number of hydrazine groups is 1. The molecular formula is C6H6F3N3O4. The van der Waals surface area contributed by atoms with Crippen molar-refractivity contribution < 1.29 is 32.7 Å². The largest absolute Gasteiger partial charge is 0.473 e. The van der Waals surface area contributed by atoms with Gasteiger partial charge in [-0.3, -0.25) is 15.0 Å². The van der Waals surface area contributed by atoms with Crippen molar-refractivity contribution in [1.29, 1.82) is 0 Å². The minimum Gasteiger partial charge on any atom is -0.465 e. The van der Waals surface area contributed by atoms with Crippen LogP contribution in [-0.4, -0.2) is 46.8 Å². The van der Waals surface area contributed by atoms with Crippen LogP contribution < -0.4 is 10.7 Å². The van der Waals surface area contributed by atoms with Crippen LogP contribution in [0.4, 0.5) is 18.0 Å². The number of rotatable bonds is 1. The van der Waals surface area contributed by atoms with Gasteiger partial charge in [-0.15, -0.1) is 0 Å². The highest BCUT2D eigenvalue weighted by molar-refractivity contribution is 5.92. The molecule has 1 heterocycles. The summed E-state index contributed by atoms with van der Waals surface area (Å²) in [5.41, 5.74) is 1.61. The lowest BCUT2D eigenvalue weighted by Gasteiger charge is -2.16. The first-order chi connectivity index (χ1) is 7.21. The predicted molar refractivity (Wildman–Crippen MR) is 40.9 cm³/mol. The fraction of sp³-hybridized carbons (Fsp3) is 0.500. The SMILES string of the molecule is O=C(O)N[C@H]1CN(C(=O)C(F)(F)F)NC1=O. The maximum absolute atomic E-state index is 11.9. The third kappa shape index (κ3) is 2.52. The molecule has 0 saturated carbocycles. The Hall–Kier alpha value is -2.00. The Morgan fingerprint density at radius 3 is 2.50 bits per heavy atom. The third-order valence-corrected chi connectivity index (χ3v) is 1.71. The van der Waals surface area contributed by atoms with E-state index in [1.807, 2.05) is 0 Å². The van der Waals surface area contributed by atoms with Crippen LogP contribution in [0.5, 0.6) is 0 Å². The van der Waals surface area contributed by atoms with Crippen LogP contribution in [0.2, 0.25) is 0 Å². The van der Waals surface area contributed by atoms with Gasteiger partial charge in [0.25, 0.3) is 5.91 Å². The zero-order valence-corrected chi connectivity index (χ0v) is 7.54. The number of nitrogens with zero attached hydrogens (tertiary/aromatic N) is 1. The van der Waals surface area contributed by atoms with E-state index in [2.05, 4.69) is 0 Å². The number of nitrogens with one attached hydrogen (secondary N) is 2.